The molecule has 1 N–H and O–H groups in total. The van der Waals surface area contributed by atoms with Gasteiger partial charge in [-0.1, -0.05) is 22.9 Å². The summed E-state index contributed by atoms with van der Waals surface area (Å²) in [4.78, 5) is 4.34. The molecule has 16 heavy (non-hydrogen) atoms. The number of fused-ring (bicyclic) bond motifs is 1. The molecular formula is C11H13NO2S2. The first-order chi connectivity index (χ1) is 7.66. The van der Waals surface area contributed by atoms with Gasteiger partial charge in [0.25, 0.3) is 5.22 Å². The highest BCUT2D eigenvalue weighted by Gasteiger charge is 2.13. The van der Waals surface area contributed by atoms with Crippen LogP contribution in [0.25, 0.3) is 11.1 Å². The number of hydrogen-bond donors (Lipinski definition) is 1. The molecular weight excluding hydrogens is 242 g/mol. The van der Waals surface area contributed by atoms with E-state index in [-0.39, 0.29) is 11.4 Å². The third kappa shape index (κ3) is 2.72. The van der Waals surface area contributed by atoms with Crippen molar-refractivity contribution in [2.45, 2.75) is 30.4 Å². The zero-order valence-electron chi connectivity index (χ0n) is 9.08. The van der Waals surface area contributed by atoms with Crippen LogP contribution in [0.3, 0.4) is 0 Å². The molecule has 2 aromatic rings. The summed E-state index contributed by atoms with van der Waals surface area (Å²) < 4.78 is 5.55. The van der Waals surface area contributed by atoms with Gasteiger partial charge in [0.2, 0.25) is 0 Å². The molecule has 5 heteroatoms. The fourth-order valence-electron chi connectivity index (χ4n) is 1.08. The van der Waals surface area contributed by atoms with Crippen molar-refractivity contribution < 1.29 is 9.52 Å². The van der Waals surface area contributed by atoms with Crippen molar-refractivity contribution in [3.8, 4) is 0 Å². The number of aromatic nitrogens is 1. The van der Waals surface area contributed by atoms with Gasteiger partial charge in [-0.15, -0.1) is 0 Å². The molecule has 0 aliphatic carbocycles. The summed E-state index contributed by atoms with van der Waals surface area (Å²) in [6.07, 6.45) is -0.332. The van der Waals surface area contributed by atoms with E-state index >= 15 is 0 Å². The standard InChI is InChI=1S/C11H13NO2S2/c1-7(13)8(2)15-16-11-12-9-5-3-4-6-10(9)14-11/h3-8,13H,1-2H3. The Kier molecular flexibility index (Phi) is 3.78. The van der Waals surface area contributed by atoms with Crippen LogP contribution >= 0.6 is 21.6 Å². The average molecular weight is 255 g/mol. The van der Waals surface area contributed by atoms with Gasteiger partial charge in [-0.25, -0.2) is 4.98 Å². The minimum absolute atomic E-state index is 0.153. The number of aliphatic hydroxyl groups excluding tert-OH is 1. The second-order valence-electron chi connectivity index (χ2n) is 3.57. The van der Waals surface area contributed by atoms with Crippen LogP contribution in [0.5, 0.6) is 0 Å². The molecule has 2 unspecified atom stereocenters. The number of nitrogens with zero attached hydrogens (tertiary/aromatic N) is 1. The molecule has 0 bridgehead atoms. The number of rotatable bonds is 4. The van der Waals surface area contributed by atoms with Gasteiger partial charge < -0.3 is 9.52 Å². The van der Waals surface area contributed by atoms with Crippen molar-refractivity contribution in [1.82, 2.24) is 4.98 Å². The molecule has 0 saturated heterocycles. The van der Waals surface area contributed by atoms with Crippen LogP contribution in [0.2, 0.25) is 0 Å². The maximum absolute atomic E-state index is 9.35. The third-order valence-corrected chi connectivity index (χ3v) is 4.96. The highest BCUT2D eigenvalue weighted by Crippen LogP contribution is 2.36. The van der Waals surface area contributed by atoms with Crippen molar-refractivity contribution >= 4 is 32.7 Å². The molecule has 86 valence electrons. The van der Waals surface area contributed by atoms with Gasteiger partial charge >= 0.3 is 0 Å². The van der Waals surface area contributed by atoms with E-state index in [1.165, 1.54) is 10.8 Å². The molecule has 2 atom stereocenters. The molecule has 0 saturated carbocycles. The molecule has 1 aromatic carbocycles. The van der Waals surface area contributed by atoms with Gasteiger partial charge in [0, 0.05) is 16.0 Å². The molecule has 0 aliphatic heterocycles. The van der Waals surface area contributed by atoms with Crippen molar-refractivity contribution in [1.29, 1.82) is 0 Å². The van der Waals surface area contributed by atoms with Crippen LogP contribution in [0, 0.1) is 0 Å². The van der Waals surface area contributed by atoms with Gasteiger partial charge in [0.1, 0.15) is 5.52 Å². The van der Waals surface area contributed by atoms with Crippen molar-refractivity contribution in [2.75, 3.05) is 0 Å². The smallest absolute Gasteiger partial charge is 0.267 e. The summed E-state index contributed by atoms with van der Waals surface area (Å²) in [6, 6.07) is 7.68. The van der Waals surface area contributed by atoms with Gasteiger partial charge in [-0.05, 0) is 26.0 Å². The zero-order chi connectivity index (χ0) is 11.5. The van der Waals surface area contributed by atoms with Crippen molar-refractivity contribution in [3.63, 3.8) is 0 Å². The van der Waals surface area contributed by atoms with E-state index in [4.69, 9.17) is 4.42 Å². The van der Waals surface area contributed by atoms with Gasteiger partial charge in [-0.3, -0.25) is 0 Å². The summed E-state index contributed by atoms with van der Waals surface area (Å²) in [5.74, 6) is 0. The van der Waals surface area contributed by atoms with E-state index in [2.05, 4.69) is 4.98 Å². The Bertz CT molecular complexity index is 437. The second kappa shape index (κ2) is 5.12. The summed E-state index contributed by atoms with van der Waals surface area (Å²) in [6.45, 7) is 3.76. The summed E-state index contributed by atoms with van der Waals surface area (Å²) in [7, 11) is 3.02. The number of benzene rings is 1. The summed E-state index contributed by atoms with van der Waals surface area (Å²) in [5.41, 5.74) is 1.67. The quantitative estimate of drug-likeness (QED) is 0.849. The minimum Gasteiger partial charge on any atom is -0.431 e. The van der Waals surface area contributed by atoms with Gasteiger partial charge in [0.05, 0.1) is 6.10 Å². The number of hydrogen-bond acceptors (Lipinski definition) is 5. The summed E-state index contributed by atoms with van der Waals surface area (Å²) in [5, 5.41) is 10.1. The fraction of sp³-hybridized carbons (Fsp3) is 0.364. The number of aliphatic hydroxyl groups is 1. The molecule has 3 nitrogen and oxygen atoms in total. The van der Waals surface area contributed by atoms with Crippen LogP contribution in [-0.4, -0.2) is 21.4 Å². The Balaban J connectivity index is 2.05. The maximum Gasteiger partial charge on any atom is 0.267 e. The molecule has 0 amide bonds. The van der Waals surface area contributed by atoms with Crippen LogP contribution in [0.4, 0.5) is 0 Å². The largest absolute Gasteiger partial charge is 0.431 e. The normalized spacial score (nSPS) is 15.2. The fourth-order valence-corrected chi connectivity index (χ4v) is 3.14. The predicted octanol–water partition coefficient (Wildman–Crippen LogP) is 3.34. The van der Waals surface area contributed by atoms with Crippen LogP contribution in [0.1, 0.15) is 13.8 Å². The van der Waals surface area contributed by atoms with E-state index in [9.17, 15) is 5.11 Å². The Hall–Kier alpha value is -0.650. The van der Waals surface area contributed by atoms with Crippen LogP contribution in [-0.2, 0) is 0 Å². The molecule has 1 heterocycles. The monoisotopic (exact) mass is 255 g/mol. The number of para-hydroxylation sites is 2. The van der Waals surface area contributed by atoms with Crippen molar-refractivity contribution in [3.05, 3.63) is 24.3 Å². The van der Waals surface area contributed by atoms with E-state index in [1.54, 1.807) is 17.7 Å². The summed E-state index contributed by atoms with van der Waals surface area (Å²) >= 11 is 0. The van der Waals surface area contributed by atoms with Crippen LogP contribution in [0.15, 0.2) is 33.9 Å². The first-order valence-electron chi connectivity index (χ1n) is 5.04. The van der Waals surface area contributed by atoms with Crippen LogP contribution < -0.4 is 0 Å². The molecule has 2 rings (SSSR count). The molecule has 0 spiro atoms. The lowest BCUT2D eigenvalue weighted by atomic mass is 10.3. The maximum atomic E-state index is 9.35. The van der Waals surface area contributed by atoms with E-state index in [1.807, 2.05) is 31.2 Å². The Morgan fingerprint density at radius 1 is 1.31 bits per heavy atom. The highest BCUT2D eigenvalue weighted by molar-refractivity contribution is 8.76. The second-order valence-corrected chi connectivity index (χ2v) is 6.10. The lowest BCUT2D eigenvalue weighted by molar-refractivity contribution is 0.197. The Labute approximate surface area is 102 Å². The Morgan fingerprint density at radius 2 is 2.06 bits per heavy atom. The van der Waals surface area contributed by atoms with E-state index < -0.39 is 0 Å². The molecule has 0 aliphatic rings. The van der Waals surface area contributed by atoms with E-state index in [0.29, 0.717) is 5.22 Å². The lowest BCUT2D eigenvalue weighted by Crippen LogP contribution is -2.13. The molecule has 0 radical (unpaired) electrons. The average Bonchev–Trinajstić information content (AvgIpc) is 2.68. The SMILES string of the molecule is CC(O)C(C)SSc1nc2ccccc2o1. The highest BCUT2D eigenvalue weighted by atomic mass is 33.1. The zero-order valence-corrected chi connectivity index (χ0v) is 10.7. The first kappa shape index (κ1) is 11.8. The molecule has 1 aromatic heterocycles. The van der Waals surface area contributed by atoms with E-state index in [0.717, 1.165) is 11.1 Å². The number of oxazole rings is 1. The Morgan fingerprint density at radius 3 is 2.75 bits per heavy atom. The first-order valence-corrected chi connectivity index (χ1v) is 7.25. The van der Waals surface area contributed by atoms with Crippen molar-refractivity contribution in [2.24, 2.45) is 0 Å². The minimum atomic E-state index is -0.332. The van der Waals surface area contributed by atoms with Gasteiger partial charge in [0.15, 0.2) is 5.58 Å². The van der Waals surface area contributed by atoms with Gasteiger partial charge in [-0.2, -0.15) is 0 Å². The predicted molar refractivity (Wildman–Crippen MR) is 68.6 cm³/mol. The lowest BCUT2D eigenvalue weighted by Gasteiger charge is -2.10. The third-order valence-electron chi connectivity index (χ3n) is 2.22. The molecule has 0 fully saturated rings. The topological polar surface area (TPSA) is 46.3 Å².